The van der Waals surface area contributed by atoms with Crippen LogP contribution in [0.4, 0.5) is 5.69 Å². The van der Waals surface area contributed by atoms with Crippen LogP contribution < -0.4 is 5.32 Å². The van der Waals surface area contributed by atoms with Gasteiger partial charge in [-0.2, -0.15) is 0 Å². The topological polar surface area (TPSA) is 67.8 Å². The quantitative estimate of drug-likeness (QED) is 0.855. The third-order valence-corrected chi connectivity index (χ3v) is 2.82. The Morgan fingerprint density at radius 3 is 2.50 bits per heavy atom. The number of aromatic nitrogens is 3. The first kappa shape index (κ1) is 11.3. The van der Waals surface area contributed by atoms with Crippen molar-refractivity contribution >= 4 is 46.1 Å². The Kier molecular flexibility index (Phi) is 3.33. The van der Waals surface area contributed by atoms with Crippen LogP contribution in [0.3, 0.4) is 0 Å². The SMILES string of the molecule is O=C(Nc1c(Cl)ncnc1Cl)c1cscn1. The van der Waals surface area contributed by atoms with Crippen molar-refractivity contribution in [1.29, 1.82) is 0 Å². The number of thiazole rings is 1. The summed E-state index contributed by atoms with van der Waals surface area (Å²) in [5.41, 5.74) is 2.03. The third kappa shape index (κ3) is 2.29. The number of anilines is 1. The molecular weight excluding hydrogens is 271 g/mol. The van der Waals surface area contributed by atoms with Crippen molar-refractivity contribution in [1.82, 2.24) is 15.0 Å². The Morgan fingerprint density at radius 2 is 1.94 bits per heavy atom. The first-order valence-corrected chi connectivity index (χ1v) is 5.74. The standard InChI is InChI=1S/C8H4Cl2N4OS/c9-6-5(7(10)12-2-11-6)14-8(15)4-1-16-3-13-4/h1-3H,(H,14,15). The first-order valence-electron chi connectivity index (χ1n) is 4.04. The first-order chi connectivity index (χ1) is 7.68. The molecule has 1 amide bonds. The zero-order valence-electron chi connectivity index (χ0n) is 7.65. The van der Waals surface area contributed by atoms with Gasteiger partial charge in [-0.25, -0.2) is 15.0 Å². The number of carbonyl (C=O) groups is 1. The van der Waals surface area contributed by atoms with Gasteiger partial charge in [0.15, 0.2) is 10.3 Å². The van der Waals surface area contributed by atoms with E-state index in [0.717, 1.165) is 0 Å². The summed E-state index contributed by atoms with van der Waals surface area (Å²) in [6.07, 6.45) is 1.21. The molecular formula is C8H4Cl2N4OS. The fraction of sp³-hybridized carbons (Fsp3) is 0. The highest BCUT2D eigenvalue weighted by molar-refractivity contribution is 7.07. The summed E-state index contributed by atoms with van der Waals surface area (Å²) in [6.45, 7) is 0. The highest BCUT2D eigenvalue weighted by Crippen LogP contribution is 2.26. The van der Waals surface area contributed by atoms with E-state index >= 15 is 0 Å². The smallest absolute Gasteiger partial charge is 0.275 e. The van der Waals surface area contributed by atoms with E-state index in [0.29, 0.717) is 5.69 Å². The Bertz CT molecular complexity index is 497. The minimum atomic E-state index is -0.403. The zero-order valence-corrected chi connectivity index (χ0v) is 9.97. The van der Waals surface area contributed by atoms with E-state index in [2.05, 4.69) is 20.3 Å². The van der Waals surface area contributed by atoms with E-state index < -0.39 is 5.91 Å². The van der Waals surface area contributed by atoms with Crippen molar-refractivity contribution < 1.29 is 4.79 Å². The van der Waals surface area contributed by atoms with Crippen molar-refractivity contribution in [2.45, 2.75) is 0 Å². The number of hydrogen-bond acceptors (Lipinski definition) is 5. The summed E-state index contributed by atoms with van der Waals surface area (Å²) in [4.78, 5) is 22.9. The van der Waals surface area contributed by atoms with E-state index in [1.54, 1.807) is 10.9 Å². The number of halogens is 2. The molecule has 0 aromatic carbocycles. The second kappa shape index (κ2) is 4.73. The Balaban J connectivity index is 2.25. The van der Waals surface area contributed by atoms with Gasteiger partial charge in [-0.15, -0.1) is 11.3 Å². The average Bonchev–Trinajstić information content (AvgIpc) is 2.76. The van der Waals surface area contributed by atoms with Crippen molar-refractivity contribution in [2.24, 2.45) is 0 Å². The molecule has 2 rings (SSSR count). The Hall–Kier alpha value is -1.24. The molecule has 0 aliphatic heterocycles. The Morgan fingerprint density at radius 1 is 1.25 bits per heavy atom. The molecule has 8 heteroatoms. The third-order valence-electron chi connectivity index (χ3n) is 1.66. The molecule has 0 spiro atoms. The van der Waals surface area contributed by atoms with Crippen LogP contribution in [-0.2, 0) is 0 Å². The largest absolute Gasteiger partial charge is 0.315 e. The molecule has 0 aliphatic carbocycles. The highest BCUT2D eigenvalue weighted by atomic mass is 35.5. The fourth-order valence-corrected chi connectivity index (χ4v) is 1.89. The van der Waals surface area contributed by atoms with Gasteiger partial charge in [0.2, 0.25) is 0 Å². The molecule has 2 aromatic rings. The van der Waals surface area contributed by atoms with Gasteiger partial charge in [-0.1, -0.05) is 23.2 Å². The number of hydrogen-bond donors (Lipinski definition) is 1. The van der Waals surface area contributed by atoms with Gasteiger partial charge in [0.1, 0.15) is 17.7 Å². The van der Waals surface area contributed by atoms with Crippen LogP contribution in [0, 0.1) is 0 Å². The van der Waals surface area contributed by atoms with Crippen LogP contribution in [0.25, 0.3) is 0 Å². The molecule has 5 nitrogen and oxygen atoms in total. The number of carbonyl (C=O) groups excluding carboxylic acids is 1. The number of nitrogens with zero attached hydrogens (tertiary/aromatic N) is 3. The van der Waals surface area contributed by atoms with E-state index in [-0.39, 0.29) is 16.0 Å². The molecule has 1 N–H and O–H groups in total. The lowest BCUT2D eigenvalue weighted by Gasteiger charge is -2.05. The van der Waals surface area contributed by atoms with Crippen molar-refractivity contribution in [3.05, 3.63) is 33.2 Å². The molecule has 0 fully saturated rings. The second-order valence-electron chi connectivity index (χ2n) is 2.66. The van der Waals surface area contributed by atoms with Crippen LogP contribution in [-0.4, -0.2) is 20.9 Å². The summed E-state index contributed by atoms with van der Waals surface area (Å²) in [6, 6.07) is 0. The summed E-state index contributed by atoms with van der Waals surface area (Å²) in [5, 5.41) is 4.28. The van der Waals surface area contributed by atoms with Gasteiger partial charge in [0, 0.05) is 5.38 Å². The molecule has 16 heavy (non-hydrogen) atoms. The van der Waals surface area contributed by atoms with Gasteiger partial charge in [-0.3, -0.25) is 4.79 Å². The number of rotatable bonds is 2. The molecule has 2 aromatic heterocycles. The predicted molar refractivity (Wildman–Crippen MR) is 62.1 cm³/mol. The van der Waals surface area contributed by atoms with Gasteiger partial charge < -0.3 is 5.32 Å². The number of amides is 1. The van der Waals surface area contributed by atoms with E-state index in [4.69, 9.17) is 23.2 Å². The summed E-state index contributed by atoms with van der Waals surface area (Å²) in [5.74, 6) is -0.403. The molecule has 0 unspecified atom stereocenters. The van der Waals surface area contributed by atoms with Crippen molar-refractivity contribution in [2.75, 3.05) is 5.32 Å². The maximum absolute atomic E-state index is 11.6. The maximum Gasteiger partial charge on any atom is 0.275 e. The fourth-order valence-electron chi connectivity index (χ4n) is 0.950. The highest BCUT2D eigenvalue weighted by Gasteiger charge is 2.14. The van der Waals surface area contributed by atoms with Gasteiger partial charge in [-0.05, 0) is 0 Å². The van der Waals surface area contributed by atoms with Gasteiger partial charge in [0.05, 0.1) is 5.51 Å². The monoisotopic (exact) mass is 274 g/mol. The van der Waals surface area contributed by atoms with Crippen LogP contribution in [0.5, 0.6) is 0 Å². The van der Waals surface area contributed by atoms with Crippen molar-refractivity contribution in [3.63, 3.8) is 0 Å². The van der Waals surface area contributed by atoms with Gasteiger partial charge >= 0.3 is 0 Å². The minimum Gasteiger partial charge on any atom is -0.315 e. The van der Waals surface area contributed by atoms with Crippen molar-refractivity contribution in [3.8, 4) is 0 Å². The van der Waals surface area contributed by atoms with E-state index in [1.165, 1.54) is 17.7 Å². The Labute approximate surface area is 104 Å². The minimum absolute atomic E-state index is 0.0866. The maximum atomic E-state index is 11.6. The van der Waals surface area contributed by atoms with Gasteiger partial charge in [0.25, 0.3) is 5.91 Å². The van der Waals surface area contributed by atoms with Crippen LogP contribution >= 0.6 is 34.5 Å². The summed E-state index contributed by atoms with van der Waals surface area (Å²) in [7, 11) is 0. The lowest BCUT2D eigenvalue weighted by Crippen LogP contribution is -2.13. The second-order valence-corrected chi connectivity index (χ2v) is 4.09. The molecule has 0 bridgehead atoms. The molecule has 0 saturated carbocycles. The molecule has 0 atom stereocenters. The number of nitrogens with one attached hydrogen (secondary N) is 1. The van der Waals surface area contributed by atoms with Crippen LogP contribution in [0.15, 0.2) is 17.2 Å². The molecule has 0 radical (unpaired) electrons. The predicted octanol–water partition coefficient (Wildman–Crippen LogP) is 2.49. The molecule has 0 aliphatic rings. The molecule has 2 heterocycles. The summed E-state index contributed by atoms with van der Waals surface area (Å²) < 4.78 is 0. The normalized spacial score (nSPS) is 10.1. The van der Waals surface area contributed by atoms with E-state index in [1.807, 2.05) is 0 Å². The lowest BCUT2D eigenvalue weighted by molar-refractivity contribution is 0.102. The van der Waals surface area contributed by atoms with E-state index in [9.17, 15) is 4.79 Å². The molecule has 0 saturated heterocycles. The zero-order chi connectivity index (χ0) is 11.5. The lowest BCUT2D eigenvalue weighted by atomic mass is 10.4. The van der Waals surface area contributed by atoms with Crippen LogP contribution in [0.1, 0.15) is 10.5 Å². The average molecular weight is 275 g/mol. The summed E-state index contributed by atoms with van der Waals surface area (Å²) >= 11 is 12.9. The molecule has 82 valence electrons. The van der Waals surface area contributed by atoms with Crippen LogP contribution in [0.2, 0.25) is 10.3 Å².